The van der Waals surface area contributed by atoms with Crippen LogP contribution in [-0.2, 0) is 6.54 Å². The number of ether oxygens (including phenoxy) is 1. The first-order valence-electron chi connectivity index (χ1n) is 6.83. The van der Waals surface area contributed by atoms with Gasteiger partial charge >= 0.3 is 0 Å². The molecule has 0 spiro atoms. The van der Waals surface area contributed by atoms with Crippen molar-refractivity contribution in [1.82, 2.24) is 5.32 Å². The third-order valence-corrected chi connectivity index (χ3v) is 4.84. The fourth-order valence-corrected chi connectivity index (χ4v) is 3.18. The number of hydrogen-bond acceptors (Lipinski definition) is 3. The van der Waals surface area contributed by atoms with Crippen LogP contribution in [0, 0.1) is 5.41 Å². The molecule has 0 amide bonds. The molecule has 2 N–H and O–H groups in total. The topological polar surface area (TPSA) is 41.5 Å². The molecule has 0 aliphatic heterocycles. The first-order chi connectivity index (χ1) is 9.19. The zero-order valence-electron chi connectivity index (χ0n) is 11.4. The SMILES string of the molecule is COc1ccc(Br)c(CNCC2(CO)CCCC2)c1. The smallest absolute Gasteiger partial charge is 0.119 e. The van der Waals surface area contributed by atoms with Crippen LogP contribution in [0.4, 0.5) is 0 Å². The summed E-state index contributed by atoms with van der Waals surface area (Å²) in [5.74, 6) is 0.873. The molecule has 0 bridgehead atoms. The van der Waals surface area contributed by atoms with Crippen molar-refractivity contribution in [2.24, 2.45) is 5.41 Å². The molecule has 1 saturated carbocycles. The van der Waals surface area contributed by atoms with Gasteiger partial charge in [0.15, 0.2) is 0 Å². The van der Waals surface area contributed by atoms with Gasteiger partial charge in [0.1, 0.15) is 5.75 Å². The highest BCUT2D eigenvalue weighted by molar-refractivity contribution is 9.10. The summed E-state index contributed by atoms with van der Waals surface area (Å²) >= 11 is 3.56. The Morgan fingerprint density at radius 3 is 2.74 bits per heavy atom. The zero-order chi connectivity index (χ0) is 13.7. The Hall–Kier alpha value is -0.580. The maximum atomic E-state index is 9.58. The Kier molecular flexibility index (Phi) is 5.25. The van der Waals surface area contributed by atoms with E-state index >= 15 is 0 Å². The second kappa shape index (κ2) is 6.73. The predicted octanol–water partition coefficient (Wildman–Crippen LogP) is 3.10. The lowest BCUT2D eigenvalue weighted by Crippen LogP contribution is -2.34. The fourth-order valence-electron chi connectivity index (χ4n) is 2.79. The quantitative estimate of drug-likeness (QED) is 0.843. The van der Waals surface area contributed by atoms with Gasteiger partial charge in [-0.25, -0.2) is 0 Å². The van der Waals surface area contributed by atoms with Gasteiger partial charge in [-0.2, -0.15) is 0 Å². The van der Waals surface area contributed by atoms with E-state index in [1.54, 1.807) is 7.11 Å². The summed E-state index contributed by atoms with van der Waals surface area (Å²) in [5, 5.41) is 13.1. The number of halogens is 1. The van der Waals surface area contributed by atoms with Crippen molar-refractivity contribution in [3.8, 4) is 5.75 Å². The van der Waals surface area contributed by atoms with E-state index in [0.717, 1.165) is 36.2 Å². The van der Waals surface area contributed by atoms with Crippen LogP contribution in [0.2, 0.25) is 0 Å². The van der Waals surface area contributed by atoms with Crippen molar-refractivity contribution in [3.05, 3.63) is 28.2 Å². The first kappa shape index (κ1) is 14.8. The van der Waals surface area contributed by atoms with Crippen LogP contribution in [0.5, 0.6) is 5.75 Å². The number of benzene rings is 1. The van der Waals surface area contributed by atoms with Crippen molar-refractivity contribution >= 4 is 15.9 Å². The summed E-state index contributed by atoms with van der Waals surface area (Å²) < 4.78 is 6.33. The summed E-state index contributed by atoms with van der Waals surface area (Å²) in [4.78, 5) is 0. The number of methoxy groups -OCH3 is 1. The van der Waals surface area contributed by atoms with Crippen LogP contribution in [0.1, 0.15) is 31.2 Å². The molecule has 0 atom stereocenters. The van der Waals surface area contributed by atoms with Gasteiger partial charge in [0.05, 0.1) is 7.11 Å². The van der Waals surface area contributed by atoms with Gasteiger partial charge in [-0.3, -0.25) is 0 Å². The molecule has 0 aromatic heterocycles. The maximum absolute atomic E-state index is 9.58. The maximum Gasteiger partial charge on any atom is 0.119 e. The summed E-state index contributed by atoms with van der Waals surface area (Å²) in [6, 6.07) is 5.99. The lowest BCUT2D eigenvalue weighted by molar-refractivity contribution is 0.128. The average Bonchev–Trinajstić information content (AvgIpc) is 2.90. The third-order valence-electron chi connectivity index (χ3n) is 4.07. The van der Waals surface area contributed by atoms with Gasteiger partial charge in [0.2, 0.25) is 0 Å². The number of rotatable bonds is 6. The summed E-state index contributed by atoms with van der Waals surface area (Å²) in [7, 11) is 1.68. The normalized spacial score (nSPS) is 17.6. The van der Waals surface area contributed by atoms with Crippen LogP contribution in [0.3, 0.4) is 0 Å². The second-order valence-corrected chi connectivity index (χ2v) is 6.28. The van der Waals surface area contributed by atoms with Crippen LogP contribution in [0.25, 0.3) is 0 Å². The predicted molar refractivity (Wildman–Crippen MR) is 80.4 cm³/mol. The average molecular weight is 328 g/mol. The van der Waals surface area contributed by atoms with Crippen molar-refractivity contribution in [3.63, 3.8) is 0 Å². The second-order valence-electron chi connectivity index (χ2n) is 5.43. The Morgan fingerprint density at radius 2 is 2.11 bits per heavy atom. The van der Waals surface area contributed by atoms with Gasteiger partial charge in [-0.1, -0.05) is 28.8 Å². The molecule has 0 saturated heterocycles. The molecule has 1 fully saturated rings. The summed E-state index contributed by atoms with van der Waals surface area (Å²) in [6.45, 7) is 1.96. The lowest BCUT2D eigenvalue weighted by Gasteiger charge is -2.26. The highest BCUT2D eigenvalue weighted by Crippen LogP contribution is 2.37. The molecule has 0 heterocycles. The van der Waals surface area contributed by atoms with Crippen LogP contribution < -0.4 is 10.1 Å². The van der Waals surface area contributed by atoms with Crippen molar-refractivity contribution in [2.45, 2.75) is 32.2 Å². The number of aliphatic hydroxyl groups excluding tert-OH is 1. The highest BCUT2D eigenvalue weighted by Gasteiger charge is 2.32. The number of hydrogen-bond donors (Lipinski definition) is 2. The minimum Gasteiger partial charge on any atom is -0.497 e. The molecule has 106 valence electrons. The van der Waals surface area contributed by atoms with Gasteiger partial charge < -0.3 is 15.2 Å². The van der Waals surface area contributed by atoms with E-state index in [4.69, 9.17) is 4.74 Å². The fraction of sp³-hybridized carbons (Fsp3) is 0.600. The Balaban J connectivity index is 1.91. The van der Waals surface area contributed by atoms with Crippen molar-refractivity contribution in [2.75, 3.05) is 20.3 Å². The largest absolute Gasteiger partial charge is 0.497 e. The Labute approximate surface area is 123 Å². The third kappa shape index (κ3) is 3.71. The summed E-state index contributed by atoms with van der Waals surface area (Å²) in [6.07, 6.45) is 4.75. The molecule has 0 unspecified atom stereocenters. The Bertz CT molecular complexity index is 417. The zero-order valence-corrected chi connectivity index (χ0v) is 13.0. The highest BCUT2D eigenvalue weighted by atomic mass is 79.9. The molecule has 2 rings (SSSR count). The minimum absolute atomic E-state index is 0.103. The Morgan fingerprint density at radius 1 is 1.37 bits per heavy atom. The number of nitrogens with one attached hydrogen (secondary N) is 1. The van der Waals surface area contributed by atoms with Gasteiger partial charge in [0, 0.05) is 29.6 Å². The molecule has 3 nitrogen and oxygen atoms in total. The van der Waals surface area contributed by atoms with E-state index in [1.165, 1.54) is 18.4 Å². The van der Waals surface area contributed by atoms with E-state index in [2.05, 4.69) is 21.2 Å². The molecule has 19 heavy (non-hydrogen) atoms. The van der Waals surface area contributed by atoms with E-state index in [1.807, 2.05) is 18.2 Å². The van der Waals surface area contributed by atoms with Crippen LogP contribution in [-0.4, -0.2) is 25.4 Å². The van der Waals surface area contributed by atoms with Crippen LogP contribution >= 0.6 is 15.9 Å². The standard InChI is InChI=1S/C15H22BrNO2/c1-19-13-4-5-14(16)12(8-13)9-17-10-15(11-18)6-2-3-7-15/h4-5,8,17-18H,2-3,6-7,9-11H2,1H3. The molecular weight excluding hydrogens is 306 g/mol. The van der Waals surface area contributed by atoms with Gasteiger partial charge in [-0.05, 0) is 36.6 Å². The summed E-state index contributed by atoms with van der Waals surface area (Å²) in [5.41, 5.74) is 1.29. The van der Waals surface area contributed by atoms with Gasteiger partial charge in [0.25, 0.3) is 0 Å². The van der Waals surface area contributed by atoms with Gasteiger partial charge in [-0.15, -0.1) is 0 Å². The van der Waals surface area contributed by atoms with E-state index in [-0.39, 0.29) is 5.41 Å². The molecule has 0 radical (unpaired) electrons. The van der Waals surface area contributed by atoms with Crippen molar-refractivity contribution < 1.29 is 9.84 Å². The van der Waals surface area contributed by atoms with Crippen molar-refractivity contribution in [1.29, 1.82) is 0 Å². The number of aliphatic hydroxyl groups is 1. The van der Waals surface area contributed by atoms with Crippen LogP contribution in [0.15, 0.2) is 22.7 Å². The molecule has 4 heteroatoms. The lowest BCUT2D eigenvalue weighted by atomic mass is 9.87. The van der Waals surface area contributed by atoms with E-state index in [0.29, 0.717) is 6.61 Å². The monoisotopic (exact) mass is 327 g/mol. The minimum atomic E-state index is 0.103. The first-order valence-corrected chi connectivity index (χ1v) is 7.62. The van der Waals surface area contributed by atoms with E-state index in [9.17, 15) is 5.11 Å². The molecule has 1 aromatic carbocycles. The molecule has 1 aliphatic carbocycles. The molecular formula is C15H22BrNO2. The molecule has 1 aliphatic rings. The molecule has 1 aromatic rings. The van der Waals surface area contributed by atoms with E-state index < -0.39 is 0 Å².